The highest BCUT2D eigenvalue weighted by molar-refractivity contribution is 5.97. The zero-order chi connectivity index (χ0) is 12.8. The van der Waals surface area contributed by atoms with Gasteiger partial charge in [0.2, 0.25) is 0 Å². The third kappa shape index (κ3) is 3.17. The maximum Gasteiger partial charge on any atom is 0.166 e. The molecular weight excluding hydrogens is 220 g/mol. The molecular formula is C17H16O. The number of carbonyl (C=O) groups is 1. The summed E-state index contributed by atoms with van der Waals surface area (Å²) in [5.41, 5.74) is 3.08. The van der Waals surface area contributed by atoms with Gasteiger partial charge in [0, 0.05) is 12.0 Å². The topological polar surface area (TPSA) is 17.1 Å². The second-order valence-electron chi connectivity index (χ2n) is 4.25. The van der Waals surface area contributed by atoms with Gasteiger partial charge in [-0.3, -0.25) is 4.79 Å². The Morgan fingerprint density at radius 3 is 1.94 bits per heavy atom. The van der Waals surface area contributed by atoms with Crippen molar-refractivity contribution in [3.8, 4) is 0 Å². The highest BCUT2D eigenvalue weighted by Gasteiger charge is 2.03. The van der Waals surface area contributed by atoms with Crippen LogP contribution in [0.25, 0.3) is 5.57 Å². The van der Waals surface area contributed by atoms with Crippen LogP contribution in [0.15, 0.2) is 66.7 Å². The fourth-order valence-electron chi connectivity index (χ4n) is 1.81. The van der Waals surface area contributed by atoms with Crippen molar-refractivity contribution in [2.45, 2.75) is 13.3 Å². The van der Waals surface area contributed by atoms with Crippen molar-refractivity contribution in [1.82, 2.24) is 0 Å². The lowest BCUT2D eigenvalue weighted by Gasteiger charge is -2.01. The Hall–Kier alpha value is -2.15. The molecule has 2 rings (SSSR count). The maximum absolute atomic E-state index is 11.9. The van der Waals surface area contributed by atoms with E-state index in [4.69, 9.17) is 0 Å². The van der Waals surface area contributed by atoms with Gasteiger partial charge in [-0.1, -0.05) is 66.7 Å². The lowest BCUT2D eigenvalue weighted by molar-refractivity contribution is 0.0996. The van der Waals surface area contributed by atoms with Gasteiger partial charge in [-0.25, -0.2) is 0 Å². The molecule has 90 valence electrons. The number of carbonyl (C=O) groups excluding carboxylic acids is 1. The summed E-state index contributed by atoms with van der Waals surface area (Å²) in [5.74, 6) is 0.158. The molecule has 0 saturated carbocycles. The summed E-state index contributed by atoms with van der Waals surface area (Å²) in [5, 5.41) is 0. The van der Waals surface area contributed by atoms with Crippen LogP contribution in [0.3, 0.4) is 0 Å². The molecule has 0 amide bonds. The van der Waals surface area contributed by atoms with E-state index in [-0.39, 0.29) is 5.78 Å². The maximum atomic E-state index is 11.9. The molecule has 0 aliphatic rings. The predicted octanol–water partition coefficient (Wildman–Crippen LogP) is 4.36. The number of allylic oxidation sites excluding steroid dienone is 2. The molecule has 2 aromatic carbocycles. The van der Waals surface area contributed by atoms with Crippen LogP contribution in [0.4, 0.5) is 0 Å². The first kappa shape index (κ1) is 12.3. The molecule has 1 nitrogen and oxygen atoms in total. The van der Waals surface area contributed by atoms with E-state index in [0.717, 1.165) is 11.1 Å². The highest BCUT2D eigenvalue weighted by atomic mass is 16.1. The monoisotopic (exact) mass is 236 g/mol. The number of hydrogen-bond donors (Lipinski definition) is 0. The molecule has 1 heteroatoms. The number of rotatable bonds is 4. The summed E-state index contributed by atoms with van der Waals surface area (Å²) in [6, 6.07) is 19.5. The first-order chi connectivity index (χ1) is 8.77. The predicted molar refractivity (Wildman–Crippen MR) is 75.5 cm³/mol. The third-order valence-corrected chi connectivity index (χ3v) is 2.92. The zero-order valence-electron chi connectivity index (χ0n) is 10.5. The number of benzene rings is 2. The van der Waals surface area contributed by atoms with E-state index >= 15 is 0 Å². The van der Waals surface area contributed by atoms with Crippen molar-refractivity contribution in [2.75, 3.05) is 0 Å². The van der Waals surface area contributed by atoms with Crippen molar-refractivity contribution in [3.05, 3.63) is 77.9 Å². The lowest BCUT2D eigenvalue weighted by atomic mass is 10.0. The second kappa shape index (κ2) is 5.97. The minimum atomic E-state index is 0.158. The van der Waals surface area contributed by atoms with E-state index in [1.807, 2.05) is 61.5 Å². The van der Waals surface area contributed by atoms with Crippen LogP contribution in [-0.2, 0) is 0 Å². The normalized spacial score (nSPS) is 11.3. The molecule has 2 aromatic rings. The molecule has 0 radical (unpaired) electrons. The molecule has 18 heavy (non-hydrogen) atoms. The van der Waals surface area contributed by atoms with Gasteiger partial charge >= 0.3 is 0 Å². The molecule has 0 atom stereocenters. The Morgan fingerprint density at radius 1 is 0.889 bits per heavy atom. The van der Waals surface area contributed by atoms with Crippen molar-refractivity contribution < 1.29 is 4.79 Å². The Kier molecular flexibility index (Phi) is 4.08. The number of Topliss-reactive ketones (excluding diaryl/α,β-unsaturated/α-hetero) is 1. The number of ketones is 1. The summed E-state index contributed by atoms with van der Waals surface area (Å²) in [4.78, 5) is 11.9. The van der Waals surface area contributed by atoms with Crippen LogP contribution in [0.1, 0.15) is 29.3 Å². The SMILES string of the molecule is C/C(=C\CC(=O)c1ccccc1)c1ccccc1. The van der Waals surface area contributed by atoms with Crippen LogP contribution in [0, 0.1) is 0 Å². The van der Waals surface area contributed by atoms with Crippen molar-refractivity contribution in [2.24, 2.45) is 0 Å². The van der Waals surface area contributed by atoms with Gasteiger partial charge < -0.3 is 0 Å². The molecule has 0 unspecified atom stereocenters. The molecule has 0 aliphatic heterocycles. The molecule has 0 bridgehead atoms. The van der Waals surface area contributed by atoms with E-state index in [0.29, 0.717) is 6.42 Å². The average Bonchev–Trinajstić information content (AvgIpc) is 2.46. The van der Waals surface area contributed by atoms with Crippen molar-refractivity contribution >= 4 is 11.4 Å². The van der Waals surface area contributed by atoms with Crippen LogP contribution >= 0.6 is 0 Å². The van der Waals surface area contributed by atoms with E-state index < -0.39 is 0 Å². The standard InChI is InChI=1S/C17H16O/c1-14(15-8-4-2-5-9-15)12-13-17(18)16-10-6-3-7-11-16/h2-12H,13H2,1H3/b14-12+. The van der Waals surface area contributed by atoms with Crippen LogP contribution in [-0.4, -0.2) is 5.78 Å². The quantitative estimate of drug-likeness (QED) is 0.721. The summed E-state index contributed by atoms with van der Waals surface area (Å²) < 4.78 is 0. The van der Waals surface area contributed by atoms with Crippen molar-refractivity contribution in [1.29, 1.82) is 0 Å². The van der Waals surface area contributed by atoms with E-state index in [9.17, 15) is 4.79 Å². The van der Waals surface area contributed by atoms with Crippen LogP contribution in [0.5, 0.6) is 0 Å². The summed E-state index contributed by atoms with van der Waals surface area (Å²) >= 11 is 0. The molecule has 0 heterocycles. The van der Waals surface area contributed by atoms with E-state index in [2.05, 4.69) is 12.1 Å². The summed E-state index contributed by atoms with van der Waals surface area (Å²) in [6.45, 7) is 2.04. The molecule has 0 saturated heterocycles. The Labute approximate surface area is 108 Å². The van der Waals surface area contributed by atoms with Crippen molar-refractivity contribution in [3.63, 3.8) is 0 Å². The molecule has 0 spiro atoms. The van der Waals surface area contributed by atoms with Crippen LogP contribution in [0.2, 0.25) is 0 Å². The second-order valence-corrected chi connectivity index (χ2v) is 4.25. The van der Waals surface area contributed by atoms with E-state index in [1.54, 1.807) is 0 Å². The Balaban J connectivity index is 2.05. The zero-order valence-corrected chi connectivity index (χ0v) is 10.5. The van der Waals surface area contributed by atoms with Gasteiger partial charge in [-0.2, -0.15) is 0 Å². The highest BCUT2D eigenvalue weighted by Crippen LogP contribution is 2.14. The number of hydrogen-bond acceptors (Lipinski definition) is 1. The van der Waals surface area contributed by atoms with Gasteiger partial charge in [-0.15, -0.1) is 0 Å². The smallest absolute Gasteiger partial charge is 0.166 e. The van der Waals surface area contributed by atoms with Gasteiger partial charge in [-0.05, 0) is 18.1 Å². The van der Waals surface area contributed by atoms with E-state index in [1.165, 1.54) is 5.56 Å². The van der Waals surface area contributed by atoms with Crippen LogP contribution < -0.4 is 0 Å². The van der Waals surface area contributed by atoms with Gasteiger partial charge in [0.15, 0.2) is 5.78 Å². The minimum absolute atomic E-state index is 0.158. The summed E-state index contributed by atoms with van der Waals surface area (Å²) in [7, 11) is 0. The molecule has 0 aromatic heterocycles. The fraction of sp³-hybridized carbons (Fsp3) is 0.118. The first-order valence-electron chi connectivity index (χ1n) is 6.08. The first-order valence-corrected chi connectivity index (χ1v) is 6.08. The fourth-order valence-corrected chi connectivity index (χ4v) is 1.81. The lowest BCUT2D eigenvalue weighted by Crippen LogP contribution is -1.96. The van der Waals surface area contributed by atoms with Gasteiger partial charge in [0.1, 0.15) is 0 Å². The molecule has 0 N–H and O–H groups in total. The third-order valence-electron chi connectivity index (χ3n) is 2.92. The summed E-state index contributed by atoms with van der Waals surface area (Å²) in [6.07, 6.45) is 2.44. The molecule has 0 aliphatic carbocycles. The largest absolute Gasteiger partial charge is 0.294 e. The minimum Gasteiger partial charge on any atom is -0.294 e. The van der Waals surface area contributed by atoms with Gasteiger partial charge in [0.05, 0.1) is 0 Å². The molecule has 0 fully saturated rings. The van der Waals surface area contributed by atoms with Gasteiger partial charge in [0.25, 0.3) is 0 Å². The Morgan fingerprint density at radius 2 is 1.39 bits per heavy atom. The average molecular weight is 236 g/mol. The Bertz CT molecular complexity index is 538.